The van der Waals surface area contributed by atoms with Crippen LogP contribution in [0.1, 0.15) is 54.0 Å². The summed E-state index contributed by atoms with van der Waals surface area (Å²) < 4.78 is 11.4. The standard InChI is InChI=1S/C26H27N5O3.ClH/c1-5-33-26(32)23-22(14-17(4)27-24(23)16(2)3)34-15-18-10-12-19(13-11-18)20-8-6-7-9-21(20)25-28-30-31-29-25;/h6-14,16H,5,15H2,1-4H3,(H,28,29,30,31);1H. The lowest BCUT2D eigenvalue weighted by molar-refractivity contribution is 0.0518. The van der Waals surface area contributed by atoms with E-state index in [1.54, 1.807) is 13.0 Å². The highest BCUT2D eigenvalue weighted by molar-refractivity contribution is 5.94. The number of ether oxygens (including phenoxy) is 2. The van der Waals surface area contributed by atoms with Crippen LogP contribution in [0.2, 0.25) is 0 Å². The molecule has 2 aromatic heterocycles. The summed E-state index contributed by atoms with van der Waals surface area (Å²) in [5.74, 6) is 0.673. The Morgan fingerprint density at radius 1 is 1.06 bits per heavy atom. The van der Waals surface area contributed by atoms with Crippen molar-refractivity contribution in [3.63, 3.8) is 0 Å². The number of carbonyl (C=O) groups is 1. The molecule has 0 bridgehead atoms. The number of halogens is 1. The van der Waals surface area contributed by atoms with Gasteiger partial charge in [0, 0.05) is 17.3 Å². The predicted molar refractivity (Wildman–Crippen MR) is 136 cm³/mol. The van der Waals surface area contributed by atoms with Crippen molar-refractivity contribution in [1.29, 1.82) is 0 Å². The molecule has 0 fully saturated rings. The lowest BCUT2D eigenvalue weighted by Gasteiger charge is -2.17. The van der Waals surface area contributed by atoms with E-state index in [0.29, 0.717) is 29.4 Å². The largest absolute Gasteiger partial charge is 0.488 e. The van der Waals surface area contributed by atoms with Gasteiger partial charge in [0.05, 0.1) is 12.3 Å². The van der Waals surface area contributed by atoms with Crippen molar-refractivity contribution >= 4 is 18.4 Å². The van der Waals surface area contributed by atoms with Gasteiger partial charge in [-0.05, 0) is 41.7 Å². The fourth-order valence-electron chi connectivity index (χ4n) is 3.75. The summed E-state index contributed by atoms with van der Waals surface area (Å²) in [7, 11) is 0. The summed E-state index contributed by atoms with van der Waals surface area (Å²) in [6.45, 7) is 8.27. The number of H-pyrrole nitrogens is 1. The number of carbonyl (C=O) groups excluding carboxylic acids is 1. The maximum atomic E-state index is 12.7. The Morgan fingerprint density at radius 3 is 2.40 bits per heavy atom. The van der Waals surface area contributed by atoms with Crippen molar-refractivity contribution in [2.24, 2.45) is 0 Å². The molecule has 0 atom stereocenters. The van der Waals surface area contributed by atoms with Crippen LogP contribution in [0.25, 0.3) is 22.5 Å². The van der Waals surface area contributed by atoms with Gasteiger partial charge >= 0.3 is 5.97 Å². The maximum absolute atomic E-state index is 12.7. The van der Waals surface area contributed by atoms with Gasteiger partial charge in [-0.1, -0.05) is 62.4 Å². The number of aryl methyl sites for hydroxylation is 1. The van der Waals surface area contributed by atoms with Crippen LogP contribution < -0.4 is 4.74 Å². The summed E-state index contributed by atoms with van der Waals surface area (Å²) in [6, 6.07) is 17.8. The summed E-state index contributed by atoms with van der Waals surface area (Å²) in [5.41, 5.74) is 5.77. The van der Waals surface area contributed by atoms with Crippen LogP contribution in [0, 0.1) is 6.92 Å². The van der Waals surface area contributed by atoms with Crippen LogP contribution in [-0.4, -0.2) is 38.2 Å². The Bertz CT molecular complexity index is 1270. The highest BCUT2D eigenvalue weighted by Gasteiger charge is 2.23. The highest BCUT2D eigenvalue weighted by atomic mass is 35.5. The van der Waals surface area contributed by atoms with Crippen LogP contribution in [-0.2, 0) is 11.3 Å². The monoisotopic (exact) mass is 493 g/mol. The molecule has 9 heteroatoms. The van der Waals surface area contributed by atoms with Gasteiger partial charge in [-0.2, -0.15) is 5.21 Å². The zero-order chi connectivity index (χ0) is 24.1. The van der Waals surface area contributed by atoms with Crippen LogP contribution >= 0.6 is 12.4 Å². The first-order chi connectivity index (χ1) is 16.5. The smallest absolute Gasteiger partial charge is 0.343 e. The first-order valence-corrected chi connectivity index (χ1v) is 11.2. The molecule has 182 valence electrons. The van der Waals surface area contributed by atoms with Gasteiger partial charge in [-0.15, -0.1) is 22.6 Å². The number of benzene rings is 2. The average molecular weight is 494 g/mol. The third-order valence-corrected chi connectivity index (χ3v) is 5.34. The molecule has 0 spiro atoms. The zero-order valence-electron chi connectivity index (χ0n) is 20.1. The van der Waals surface area contributed by atoms with Crippen LogP contribution in [0.3, 0.4) is 0 Å². The van der Waals surface area contributed by atoms with E-state index in [1.165, 1.54) is 0 Å². The van der Waals surface area contributed by atoms with Crippen molar-refractivity contribution in [2.45, 2.75) is 40.2 Å². The number of rotatable bonds is 8. The number of pyridine rings is 1. The molecule has 0 saturated carbocycles. The van der Waals surface area contributed by atoms with Gasteiger partial charge in [0.25, 0.3) is 0 Å². The average Bonchev–Trinajstić information content (AvgIpc) is 3.37. The van der Waals surface area contributed by atoms with Crippen molar-refractivity contribution < 1.29 is 14.3 Å². The second kappa shape index (κ2) is 11.6. The Morgan fingerprint density at radius 2 is 1.77 bits per heavy atom. The molecule has 4 aromatic rings. The molecule has 2 heterocycles. The Balaban J connectivity index is 0.00000342. The van der Waals surface area contributed by atoms with E-state index in [0.717, 1.165) is 27.9 Å². The molecule has 0 aliphatic rings. The van der Waals surface area contributed by atoms with E-state index < -0.39 is 5.97 Å². The Labute approximate surface area is 210 Å². The minimum absolute atomic E-state index is 0. The summed E-state index contributed by atoms with van der Waals surface area (Å²) >= 11 is 0. The van der Waals surface area contributed by atoms with Crippen molar-refractivity contribution in [1.82, 2.24) is 25.6 Å². The predicted octanol–water partition coefficient (Wildman–Crippen LogP) is 5.54. The number of hydrogen-bond donors (Lipinski definition) is 1. The fraction of sp³-hybridized carbons (Fsp3) is 0.269. The SMILES string of the molecule is CCOC(=O)c1c(OCc2ccc(-c3ccccc3-c3nn[nH]n3)cc2)cc(C)nc1C(C)C.Cl. The lowest BCUT2D eigenvalue weighted by Crippen LogP contribution is -2.14. The van der Waals surface area contributed by atoms with E-state index in [9.17, 15) is 4.79 Å². The molecule has 8 nitrogen and oxygen atoms in total. The number of aromatic nitrogens is 5. The van der Waals surface area contributed by atoms with E-state index in [1.807, 2.05) is 69.3 Å². The van der Waals surface area contributed by atoms with Crippen LogP contribution in [0.4, 0.5) is 0 Å². The first-order valence-electron chi connectivity index (χ1n) is 11.2. The van der Waals surface area contributed by atoms with Gasteiger partial charge < -0.3 is 9.47 Å². The second-order valence-electron chi connectivity index (χ2n) is 8.16. The van der Waals surface area contributed by atoms with E-state index in [2.05, 4.69) is 25.6 Å². The van der Waals surface area contributed by atoms with Crippen LogP contribution in [0.5, 0.6) is 5.75 Å². The lowest BCUT2D eigenvalue weighted by atomic mass is 9.98. The summed E-state index contributed by atoms with van der Waals surface area (Å²) in [5, 5.41) is 14.4. The maximum Gasteiger partial charge on any atom is 0.343 e. The molecule has 0 saturated heterocycles. The molecule has 0 unspecified atom stereocenters. The minimum Gasteiger partial charge on any atom is -0.488 e. The molecule has 4 rings (SSSR count). The van der Waals surface area contributed by atoms with E-state index >= 15 is 0 Å². The fourth-order valence-corrected chi connectivity index (χ4v) is 3.75. The van der Waals surface area contributed by atoms with Gasteiger partial charge in [0.1, 0.15) is 17.9 Å². The van der Waals surface area contributed by atoms with Crippen molar-refractivity contribution in [3.05, 3.63) is 77.1 Å². The van der Waals surface area contributed by atoms with Gasteiger partial charge in [-0.25, -0.2) is 4.79 Å². The first kappa shape index (κ1) is 25.8. The third-order valence-electron chi connectivity index (χ3n) is 5.34. The molecule has 0 aliphatic heterocycles. The molecule has 35 heavy (non-hydrogen) atoms. The van der Waals surface area contributed by atoms with Crippen molar-refractivity contribution in [3.8, 4) is 28.3 Å². The number of aromatic amines is 1. The van der Waals surface area contributed by atoms with Gasteiger partial charge in [0.2, 0.25) is 5.82 Å². The molecular weight excluding hydrogens is 466 g/mol. The summed E-state index contributed by atoms with van der Waals surface area (Å²) in [4.78, 5) is 17.3. The third kappa shape index (κ3) is 5.84. The van der Waals surface area contributed by atoms with Crippen molar-refractivity contribution in [2.75, 3.05) is 6.61 Å². The number of nitrogens with one attached hydrogen (secondary N) is 1. The second-order valence-corrected chi connectivity index (χ2v) is 8.16. The molecule has 1 N–H and O–H groups in total. The Hall–Kier alpha value is -3.78. The quantitative estimate of drug-likeness (QED) is 0.321. The number of nitrogens with zero attached hydrogens (tertiary/aromatic N) is 4. The number of hydrogen-bond acceptors (Lipinski definition) is 7. The van der Waals surface area contributed by atoms with Gasteiger partial charge in [-0.3, -0.25) is 4.98 Å². The number of tetrazole rings is 1. The topological polar surface area (TPSA) is 103 Å². The van der Waals surface area contributed by atoms with E-state index in [-0.39, 0.29) is 24.9 Å². The molecule has 0 radical (unpaired) electrons. The minimum atomic E-state index is -0.415. The molecule has 2 aromatic carbocycles. The van der Waals surface area contributed by atoms with Gasteiger partial charge in [0.15, 0.2) is 0 Å². The zero-order valence-corrected chi connectivity index (χ0v) is 20.9. The molecule has 0 amide bonds. The Kier molecular flexibility index (Phi) is 8.54. The molecule has 0 aliphatic carbocycles. The normalized spacial score (nSPS) is 10.7. The van der Waals surface area contributed by atoms with Crippen LogP contribution in [0.15, 0.2) is 54.6 Å². The summed E-state index contributed by atoms with van der Waals surface area (Å²) in [6.07, 6.45) is 0. The highest BCUT2D eigenvalue weighted by Crippen LogP contribution is 2.31. The van der Waals surface area contributed by atoms with E-state index in [4.69, 9.17) is 9.47 Å². The number of esters is 1. The molecular formula is C26H28ClN5O3.